The summed E-state index contributed by atoms with van der Waals surface area (Å²) in [6, 6.07) is 0. The third-order valence-electron chi connectivity index (χ3n) is 2.48. The minimum Gasteiger partial charge on any atom is -0.325 e. The molecule has 0 saturated carbocycles. The lowest BCUT2D eigenvalue weighted by atomic mass is 10.00. The van der Waals surface area contributed by atoms with Crippen molar-refractivity contribution in [3.63, 3.8) is 0 Å². The minimum atomic E-state index is -0.797. The number of nitrogens with zero attached hydrogens (tertiary/aromatic N) is 2. The summed E-state index contributed by atoms with van der Waals surface area (Å²) in [6.07, 6.45) is 0. The molecule has 1 N–H and O–H groups in total. The molecule has 1 aromatic heterocycles. The van der Waals surface area contributed by atoms with Crippen LogP contribution in [-0.4, -0.2) is 28.9 Å². The van der Waals surface area contributed by atoms with Crippen LogP contribution in [0.2, 0.25) is 5.15 Å². The van der Waals surface area contributed by atoms with E-state index in [1.165, 1.54) is 11.3 Å². The monoisotopic (exact) mass is 259 g/mol. The fourth-order valence-corrected chi connectivity index (χ4v) is 2.55. The number of piperazine rings is 1. The molecular weight excluding hydrogens is 250 g/mol. The van der Waals surface area contributed by atoms with Crippen LogP contribution in [0.3, 0.4) is 0 Å². The summed E-state index contributed by atoms with van der Waals surface area (Å²) in [6.45, 7) is 3.59. The number of imide groups is 1. The molecule has 0 aliphatic carbocycles. The summed E-state index contributed by atoms with van der Waals surface area (Å²) < 4.78 is 0. The Hall–Kier alpha value is -1.14. The Balaban J connectivity index is 2.38. The highest BCUT2D eigenvalue weighted by Gasteiger charge is 2.42. The first-order valence-corrected chi connectivity index (χ1v) is 5.90. The van der Waals surface area contributed by atoms with E-state index in [0.29, 0.717) is 10.3 Å². The Morgan fingerprint density at radius 2 is 2.25 bits per heavy atom. The Labute approximate surface area is 101 Å². The maximum atomic E-state index is 11.7. The van der Waals surface area contributed by atoms with Crippen molar-refractivity contribution in [1.29, 1.82) is 0 Å². The van der Waals surface area contributed by atoms with Crippen molar-refractivity contribution in [2.24, 2.45) is 0 Å². The van der Waals surface area contributed by atoms with Crippen LogP contribution in [0.15, 0.2) is 5.38 Å². The van der Waals surface area contributed by atoms with Crippen LogP contribution in [0.4, 0.5) is 5.13 Å². The van der Waals surface area contributed by atoms with Gasteiger partial charge in [0.15, 0.2) is 5.13 Å². The molecule has 2 heterocycles. The van der Waals surface area contributed by atoms with E-state index < -0.39 is 5.54 Å². The first-order valence-electron chi connectivity index (χ1n) is 4.64. The van der Waals surface area contributed by atoms with Crippen molar-refractivity contribution < 1.29 is 9.59 Å². The predicted molar refractivity (Wildman–Crippen MR) is 61.7 cm³/mol. The van der Waals surface area contributed by atoms with Gasteiger partial charge in [-0.05, 0) is 13.8 Å². The molecule has 1 aliphatic rings. The molecule has 0 unspecified atom stereocenters. The van der Waals surface area contributed by atoms with Gasteiger partial charge in [0.2, 0.25) is 5.91 Å². The van der Waals surface area contributed by atoms with E-state index >= 15 is 0 Å². The Kier molecular flexibility index (Phi) is 2.63. The van der Waals surface area contributed by atoms with Crippen LogP contribution in [-0.2, 0) is 9.59 Å². The maximum Gasteiger partial charge on any atom is 0.251 e. The van der Waals surface area contributed by atoms with Crippen LogP contribution in [0.1, 0.15) is 13.8 Å². The van der Waals surface area contributed by atoms with E-state index in [9.17, 15) is 9.59 Å². The highest BCUT2D eigenvalue weighted by Crippen LogP contribution is 2.30. The maximum absolute atomic E-state index is 11.7. The zero-order valence-corrected chi connectivity index (χ0v) is 10.4. The number of hydrogen-bond donors (Lipinski definition) is 1. The van der Waals surface area contributed by atoms with E-state index in [-0.39, 0.29) is 18.4 Å². The van der Waals surface area contributed by atoms with Crippen LogP contribution in [0.25, 0.3) is 0 Å². The zero-order valence-electron chi connectivity index (χ0n) is 8.78. The number of rotatable bonds is 1. The van der Waals surface area contributed by atoms with Gasteiger partial charge in [-0.1, -0.05) is 11.6 Å². The molecule has 0 bridgehead atoms. The van der Waals surface area contributed by atoms with Crippen LogP contribution in [0.5, 0.6) is 0 Å². The Bertz CT molecular complexity index is 457. The summed E-state index contributed by atoms with van der Waals surface area (Å²) >= 11 is 7.05. The van der Waals surface area contributed by atoms with Crippen molar-refractivity contribution in [3.05, 3.63) is 10.5 Å². The molecule has 5 nitrogen and oxygen atoms in total. The van der Waals surface area contributed by atoms with Gasteiger partial charge >= 0.3 is 0 Å². The number of halogens is 1. The van der Waals surface area contributed by atoms with Gasteiger partial charge in [0.1, 0.15) is 17.2 Å². The van der Waals surface area contributed by atoms with E-state index in [4.69, 9.17) is 11.6 Å². The van der Waals surface area contributed by atoms with Gasteiger partial charge in [-0.25, -0.2) is 4.98 Å². The Morgan fingerprint density at radius 3 is 2.81 bits per heavy atom. The van der Waals surface area contributed by atoms with E-state index in [1.54, 1.807) is 24.1 Å². The van der Waals surface area contributed by atoms with E-state index in [2.05, 4.69) is 10.3 Å². The van der Waals surface area contributed by atoms with Crippen LogP contribution in [0, 0.1) is 0 Å². The molecule has 0 radical (unpaired) electrons. The quantitative estimate of drug-likeness (QED) is 0.766. The summed E-state index contributed by atoms with van der Waals surface area (Å²) in [5.74, 6) is -0.647. The van der Waals surface area contributed by atoms with Gasteiger partial charge in [0, 0.05) is 5.38 Å². The fourth-order valence-electron chi connectivity index (χ4n) is 1.46. The third-order valence-corrected chi connectivity index (χ3v) is 3.67. The number of carbonyl (C=O) groups excluding carboxylic acids is 2. The van der Waals surface area contributed by atoms with Gasteiger partial charge in [-0.15, -0.1) is 11.3 Å². The lowest BCUT2D eigenvalue weighted by molar-refractivity contribution is -0.135. The van der Waals surface area contributed by atoms with Gasteiger partial charge in [-0.2, -0.15) is 0 Å². The molecule has 0 atom stereocenters. The Morgan fingerprint density at radius 1 is 1.56 bits per heavy atom. The topological polar surface area (TPSA) is 62.3 Å². The van der Waals surface area contributed by atoms with Crippen molar-refractivity contribution in [1.82, 2.24) is 10.3 Å². The number of aromatic nitrogens is 1. The zero-order chi connectivity index (χ0) is 11.9. The minimum absolute atomic E-state index is 0.114. The second kappa shape index (κ2) is 3.71. The third kappa shape index (κ3) is 1.78. The fraction of sp³-hybridized carbons (Fsp3) is 0.444. The number of amides is 2. The molecular formula is C9H10ClN3O2S. The molecule has 2 rings (SSSR count). The van der Waals surface area contributed by atoms with Crippen LogP contribution >= 0.6 is 22.9 Å². The molecule has 1 saturated heterocycles. The first kappa shape index (κ1) is 11.3. The standard InChI is InChI=1S/C9H10ClN3O2S/c1-9(2)7(15)12-6(14)3-13(9)8-11-5(10)4-16-8/h4H,3H2,1-2H3,(H,12,14,15). The highest BCUT2D eigenvalue weighted by atomic mass is 35.5. The average Bonchev–Trinajstić information content (AvgIpc) is 2.58. The molecule has 0 aromatic carbocycles. The number of thiazole rings is 1. The van der Waals surface area contributed by atoms with Crippen molar-refractivity contribution in [3.8, 4) is 0 Å². The lowest BCUT2D eigenvalue weighted by Crippen LogP contribution is -2.64. The van der Waals surface area contributed by atoms with E-state index in [0.717, 1.165) is 0 Å². The molecule has 2 amide bonds. The largest absolute Gasteiger partial charge is 0.325 e. The first-order chi connectivity index (χ1) is 7.41. The summed E-state index contributed by atoms with van der Waals surface area (Å²) in [5, 5.41) is 4.92. The van der Waals surface area contributed by atoms with Gasteiger partial charge < -0.3 is 4.90 Å². The molecule has 1 aromatic rings. The average molecular weight is 260 g/mol. The number of nitrogens with one attached hydrogen (secondary N) is 1. The van der Waals surface area contributed by atoms with E-state index in [1.807, 2.05) is 0 Å². The van der Waals surface area contributed by atoms with Gasteiger partial charge in [-0.3, -0.25) is 14.9 Å². The SMILES string of the molecule is CC1(C)C(=O)NC(=O)CN1c1nc(Cl)cs1. The molecule has 7 heteroatoms. The van der Waals surface area contributed by atoms with Crippen molar-refractivity contribution >= 4 is 39.9 Å². The predicted octanol–water partition coefficient (Wildman–Crippen LogP) is 1.04. The van der Waals surface area contributed by atoms with Crippen molar-refractivity contribution in [2.45, 2.75) is 19.4 Å². The van der Waals surface area contributed by atoms with Gasteiger partial charge in [0.05, 0.1) is 0 Å². The van der Waals surface area contributed by atoms with Gasteiger partial charge in [0.25, 0.3) is 5.91 Å². The van der Waals surface area contributed by atoms with Crippen molar-refractivity contribution in [2.75, 3.05) is 11.4 Å². The number of anilines is 1. The molecule has 1 aliphatic heterocycles. The van der Waals surface area contributed by atoms with Crippen LogP contribution < -0.4 is 10.2 Å². The smallest absolute Gasteiger partial charge is 0.251 e. The molecule has 1 fully saturated rings. The highest BCUT2D eigenvalue weighted by molar-refractivity contribution is 7.14. The lowest BCUT2D eigenvalue weighted by Gasteiger charge is -2.39. The summed E-state index contributed by atoms with van der Waals surface area (Å²) in [7, 11) is 0. The number of carbonyl (C=O) groups is 2. The molecule has 16 heavy (non-hydrogen) atoms. The summed E-state index contributed by atoms with van der Waals surface area (Å²) in [4.78, 5) is 28.7. The second-order valence-electron chi connectivity index (χ2n) is 3.98. The molecule has 86 valence electrons. The normalized spacial score (nSPS) is 19.8. The molecule has 0 spiro atoms. The summed E-state index contributed by atoms with van der Waals surface area (Å²) in [5.41, 5.74) is -0.797. The second-order valence-corrected chi connectivity index (χ2v) is 5.20. The number of hydrogen-bond acceptors (Lipinski definition) is 5.